The lowest BCUT2D eigenvalue weighted by atomic mass is 9.98. The van der Waals surface area contributed by atoms with E-state index < -0.39 is 0 Å². The number of carbonyl (C=O) groups excluding carboxylic acids is 1. The molecule has 0 saturated carbocycles. The standard InChI is InChI=1S/C15H22N2O3/c1-2-20-14-5-3-4-13(10-14)16-15(19)17-8-6-12(11-18)7-9-17/h3-5,10,12,18H,2,6-9,11H2,1H3,(H,16,19). The van der Waals surface area contributed by atoms with Gasteiger partial charge in [-0.05, 0) is 37.8 Å². The van der Waals surface area contributed by atoms with Crippen LogP contribution in [0, 0.1) is 5.92 Å². The van der Waals surface area contributed by atoms with Crippen molar-refractivity contribution in [1.82, 2.24) is 4.90 Å². The van der Waals surface area contributed by atoms with Gasteiger partial charge >= 0.3 is 6.03 Å². The van der Waals surface area contributed by atoms with Crippen molar-refractivity contribution < 1.29 is 14.6 Å². The fourth-order valence-electron chi connectivity index (χ4n) is 2.35. The van der Waals surface area contributed by atoms with Crippen molar-refractivity contribution in [1.29, 1.82) is 0 Å². The van der Waals surface area contributed by atoms with Gasteiger partial charge in [-0.15, -0.1) is 0 Å². The molecule has 1 fully saturated rings. The summed E-state index contributed by atoms with van der Waals surface area (Å²) in [5.41, 5.74) is 0.741. The Balaban J connectivity index is 1.89. The normalized spacial score (nSPS) is 16.0. The van der Waals surface area contributed by atoms with E-state index in [9.17, 15) is 4.79 Å². The van der Waals surface area contributed by atoms with Gasteiger partial charge in [0.1, 0.15) is 5.75 Å². The van der Waals surface area contributed by atoms with E-state index >= 15 is 0 Å². The zero-order valence-electron chi connectivity index (χ0n) is 11.8. The number of urea groups is 1. The number of amides is 2. The lowest BCUT2D eigenvalue weighted by Gasteiger charge is -2.31. The molecule has 0 unspecified atom stereocenters. The number of rotatable bonds is 4. The second-order valence-corrected chi connectivity index (χ2v) is 5.00. The van der Waals surface area contributed by atoms with Crippen LogP contribution in [0.25, 0.3) is 0 Å². The summed E-state index contributed by atoms with van der Waals surface area (Å²) in [6.45, 7) is 4.14. The molecule has 0 bridgehead atoms. The minimum absolute atomic E-state index is 0.0879. The zero-order valence-corrected chi connectivity index (χ0v) is 11.8. The lowest BCUT2D eigenvalue weighted by molar-refractivity contribution is 0.143. The summed E-state index contributed by atoms with van der Waals surface area (Å²) in [5, 5.41) is 12.0. The van der Waals surface area contributed by atoms with E-state index in [0.29, 0.717) is 25.6 Å². The van der Waals surface area contributed by atoms with Crippen LogP contribution >= 0.6 is 0 Å². The van der Waals surface area contributed by atoms with Gasteiger partial charge in [0.2, 0.25) is 0 Å². The van der Waals surface area contributed by atoms with Crippen molar-refractivity contribution in [2.24, 2.45) is 5.92 Å². The third kappa shape index (κ3) is 3.87. The van der Waals surface area contributed by atoms with Gasteiger partial charge in [-0.3, -0.25) is 0 Å². The quantitative estimate of drug-likeness (QED) is 0.888. The van der Waals surface area contributed by atoms with Gasteiger partial charge in [-0.2, -0.15) is 0 Å². The van der Waals surface area contributed by atoms with Crippen LogP contribution in [0.4, 0.5) is 10.5 Å². The van der Waals surface area contributed by atoms with Crippen LogP contribution in [0.5, 0.6) is 5.75 Å². The van der Waals surface area contributed by atoms with Gasteiger partial charge in [0, 0.05) is 31.5 Å². The second-order valence-electron chi connectivity index (χ2n) is 5.00. The molecule has 2 amide bonds. The Labute approximate surface area is 119 Å². The number of anilines is 1. The Morgan fingerprint density at radius 1 is 1.45 bits per heavy atom. The first-order chi connectivity index (χ1) is 9.72. The molecule has 1 aliphatic heterocycles. The van der Waals surface area contributed by atoms with Crippen LogP contribution in [-0.4, -0.2) is 42.3 Å². The number of ether oxygens (including phenoxy) is 1. The van der Waals surface area contributed by atoms with E-state index in [2.05, 4.69) is 5.32 Å². The molecule has 1 aromatic carbocycles. The summed E-state index contributed by atoms with van der Waals surface area (Å²) in [5.74, 6) is 1.09. The largest absolute Gasteiger partial charge is 0.494 e. The molecule has 1 heterocycles. The SMILES string of the molecule is CCOc1cccc(NC(=O)N2CCC(CO)CC2)c1. The van der Waals surface area contributed by atoms with Gasteiger partial charge in [-0.25, -0.2) is 4.79 Å². The summed E-state index contributed by atoms with van der Waals surface area (Å²) in [6, 6.07) is 7.31. The molecule has 0 aromatic heterocycles. The number of aliphatic hydroxyl groups excluding tert-OH is 1. The Kier molecular flexibility index (Phi) is 5.24. The smallest absolute Gasteiger partial charge is 0.321 e. The second kappa shape index (κ2) is 7.14. The highest BCUT2D eigenvalue weighted by atomic mass is 16.5. The molecule has 2 N–H and O–H groups in total. The van der Waals surface area contributed by atoms with Crippen molar-refractivity contribution in [2.75, 3.05) is 31.6 Å². The number of carbonyl (C=O) groups is 1. The third-order valence-corrected chi connectivity index (χ3v) is 3.56. The molecular formula is C15H22N2O3. The minimum Gasteiger partial charge on any atom is -0.494 e. The first-order valence-electron chi connectivity index (χ1n) is 7.12. The van der Waals surface area contributed by atoms with E-state index in [1.165, 1.54) is 0 Å². The molecule has 1 saturated heterocycles. The molecule has 0 aliphatic carbocycles. The monoisotopic (exact) mass is 278 g/mol. The first-order valence-corrected chi connectivity index (χ1v) is 7.12. The molecule has 20 heavy (non-hydrogen) atoms. The van der Waals surface area contributed by atoms with Gasteiger partial charge < -0.3 is 20.1 Å². The maximum atomic E-state index is 12.1. The van der Waals surface area contributed by atoms with Gasteiger partial charge in [0.25, 0.3) is 0 Å². The van der Waals surface area contributed by atoms with Crippen LogP contribution in [0.1, 0.15) is 19.8 Å². The highest BCUT2D eigenvalue weighted by Gasteiger charge is 2.22. The maximum absolute atomic E-state index is 12.1. The molecule has 1 aliphatic rings. The third-order valence-electron chi connectivity index (χ3n) is 3.56. The number of nitrogens with one attached hydrogen (secondary N) is 1. The zero-order chi connectivity index (χ0) is 14.4. The van der Waals surface area contributed by atoms with Crippen LogP contribution in [0.3, 0.4) is 0 Å². The first kappa shape index (κ1) is 14.7. The van der Waals surface area contributed by atoms with E-state index in [1.54, 1.807) is 4.90 Å². The van der Waals surface area contributed by atoms with Gasteiger partial charge in [0.15, 0.2) is 0 Å². The predicted molar refractivity (Wildman–Crippen MR) is 78.0 cm³/mol. The number of hydrogen-bond acceptors (Lipinski definition) is 3. The minimum atomic E-state index is -0.0879. The lowest BCUT2D eigenvalue weighted by Crippen LogP contribution is -2.41. The number of aliphatic hydroxyl groups is 1. The van der Waals surface area contributed by atoms with E-state index in [4.69, 9.17) is 9.84 Å². The van der Waals surface area contributed by atoms with Crippen LogP contribution < -0.4 is 10.1 Å². The summed E-state index contributed by atoms with van der Waals surface area (Å²) < 4.78 is 5.41. The molecule has 5 nitrogen and oxygen atoms in total. The molecule has 5 heteroatoms. The van der Waals surface area contributed by atoms with Crippen molar-refractivity contribution in [3.8, 4) is 5.75 Å². The molecule has 2 rings (SSSR count). The number of nitrogens with zero attached hydrogens (tertiary/aromatic N) is 1. The highest BCUT2D eigenvalue weighted by molar-refractivity contribution is 5.89. The van der Waals surface area contributed by atoms with Crippen LogP contribution in [0.2, 0.25) is 0 Å². The molecule has 1 aromatic rings. The molecular weight excluding hydrogens is 256 g/mol. The fourth-order valence-corrected chi connectivity index (χ4v) is 2.35. The van der Waals surface area contributed by atoms with Crippen molar-refractivity contribution in [3.63, 3.8) is 0 Å². The predicted octanol–water partition coefficient (Wildman–Crippen LogP) is 2.32. The highest BCUT2D eigenvalue weighted by Crippen LogP contribution is 2.20. The van der Waals surface area contributed by atoms with Crippen molar-refractivity contribution in [2.45, 2.75) is 19.8 Å². The number of piperidine rings is 1. The van der Waals surface area contributed by atoms with Crippen molar-refractivity contribution >= 4 is 11.7 Å². The average Bonchev–Trinajstić information content (AvgIpc) is 2.48. The topological polar surface area (TPSA) is 61.8 Å². The summed E-state index contributed by atoms with van der Waals surface area (Å²) in [7, 11) is 0. The Morgan fingerprint density at radius 2 is 2.20 bits per heavy atom. The van der Waals surface area contributed by atoms with Crippen LogP contribution in [-0.2, 0) is 0 Å². The maximum Gasteiger partial charge on any atom is 0.321 e. The molecule has 0 spiro atoms. The number of benzene rings is 1. The average molecular weight is 278 g/mol. The fraction of sp³-hybridized carbons (Fsp3) is 0.533. The van der Waals surface area contributed by atoms with E-state index in [1.807, 2.05) is 31.2 Å². The molecule has 110 valence electrons. The Hall–Kier alpha value is -1.75. The van der Waals surface area contributed by atoms with Crippen molar-refractivity contribution in [3.05, 3.63) is 24.3 Å². The van der Waals surface area contributed by atoms with Gasteiger partial charge in [-0.1, -0.05) is 6.07 Å². The molecule has 0 radical (unpaired) electrons. The summed E-state index contributed by atoms with van der Waals surface area (Å²) in [4.78, 5) is 13.9. The molecule has 0 atom stereocenters. The van der Waals surface area contributed by atoms with E-state index in [-0.39, 0.29) is 12.6 Å². The van der Waals surface area contributed by atoms with E-state index in [0.717, 1.165) is 24.3 Å². The Bertz CT molecular complexity index is 442. The number of hydrogen-bond donors (Lipinski definition) is 2. The summed E-state index contributed by atoms with van der Waals surface area (Å²) in [6.07, 6.45) is 1.73. The van der Waals surface area contributed by atoms with Gasteiger partial charge in [0.05, 0.1) is 6.61 Å². The Morgan fingerprint density at radius 3 is 2.85 bits per heavy atom. The van der Waals surface area contributed by atoms with Crippen LogP contribution in [0.15, 0.2) is 24.3 Å². The summed E-state index contributed by atoms with van der Waals surface area (Å²) >= 11 is 0. The number of likely N-dealkylation sites (tertiary alicyclic amines) is 1.